The molecule has 0 radical (unpaired) electrons. The molecule has 28 heavy (non-hydrogen) atoms. The number of ether oxygens (including phenoxy) is 1. The fraction of sp³-hybridized carbons (Fsp3) is 0.211. The standard InChI is InChI=1S/C19H20N4O3S2/c1-26-13-8-6-12(7-9-13)11-20-19(27)23-22-17(24)10-16-18(25)21-14-4-2-3-5-15(14)28-16/h2-9,16H,10-11H2,1H3,(H,21,25)(H,22,24)(H2,20,23,27)/t16-/m0/s1. The molecule has 2 amide bonds. The van der Waals surface area contributed by atoms with Crippen LogP contribution >= 0.6 is 24.0 Å². The van der Waals surface area contributed by atoms with E-state index in [4.69, 9.17) is 17.0 Å². The third-order valence-electron chi connectivity index (χ3n) is 4.00. The largest absolute Gasteiger partial charge is 0.497 e. The van der Waals surface area contributed by atoms with Gasteiger partial charge in [0.1, 0.15) is 5.75 Å². The number of methoxy groups -OCH3 is 1. The average Bonchev–Trinajstić information content (AvgIpc) is 2.71. The molecule has 9 heteroatoms. The first-order valence-electron chi connectivity index (χ1n) is 8.57. The quantitative estimate of drug-likeness (QED) is 0.439. The molecule has 0 saturated heterocycles. The number of thioether (sulfide) groups is 1. The molecule has 0 bridgehead atoms. The number of rotatable bonds is 5. The number of amides is 2. The van der Waals surface area contributed by atoms with Gasteiger partial charge in [0.15, 0.2) is 5.11 Å². The Labute approximate surface area is 172 Å². The molecule has 7 nitrogen and oxygen atoms in total. The van der Waals surface area contributed by atoms with E-state index >= 15 is 0 Å². The van der Waals surface area contributed by atoms with Gasteiger partial charge >= 0.3 is 0 Å². The van der Waals surface area contributed by atoms with E-state index in [2.05, 4.69) is 21.5 Å². The zero-order valence-corrected chi connectivity index (χ0v) is 16.8. The molecule has 0 spiro atoms. The Balaban J connectivity index is 1.41. The second-order valence-electron chi connectivity index (χ2n) is 6.00. The van der Waals surface area contributed by atoms with E-state index in [9.17, 15) is 9.59 Å². The Morgan fingerprint density at radius 3 is 2.68 bits per heavy atom. The highest BCUT2D eigenvalue weighted by atomic mass is 32.2. The first-order valence-corrected chi connectivity index (χ1v) is 9.86. The topological polar surface area (TPSA) is 91.5 Å². The van der Waals surface area contributed by atoms with Gasteiger partial charge in [0.25, 0.3) is 0 Å². The van der Waals surface area contributed by atoms with Crippen LogP contribution in [0, 0.1) is 0 Å². The van der Waals surface area contributed by atoms with Crippen LogP contribution in [-0.2, 0) is 16.1 Å². The van der Waals surface area contributed by atoms with E-state index in [0.29, 0.717) is 6.54 Å². The van der Waals surface area contributed by atoms with Gasteiger partial charge in [-0.05, 0) is 42.0 Å². The number of anilines is 1. The molecule has 1 aliphatic heterocycles. The van der Waals surface area contributed by atoms with Crippen LogP contribution in [0.1, 0.15) is 12.0 Å². The van der Waals surface area contributed by atoms with Crippen molar-refractivity contribution >= 4 is 46.6 Å². The molecule has 0 aromatic heterocycles. The van der Waals surface area contributed by atoms with Gasteiger partial charge in [-0.3, -0.25) is 20.4 Å². The lowest BCUT2D eigenvalue weighted by atomic mass is 10.2. The Morgan fingerprint density at radius 2 is 1.93 bits per heavy atom. The number of fused-ring (bicyclic) bond motifs is 1. The molecule has 1 aliphatic rings. The number of thiocarbonyl (C=S) groups is 1. The zero-order valence-electron chi connectivity index (χ0n) is 15.2. The lowest BCUT2D eigenvalue weighted by Gasteiger charge is -2.23. The van der Waals surface area contributed by atoms with Gasteiger partial charge in [-0.15, -0.1) is 11.8 Å². The fourth-order valence-corrected chi connectivity index (χ4v) is 3.78. The van der Waals surface area contributed by atoms with Crippen LogP contribution in [0.4, 0.5) is 5.69 Å². The summed E-state index contributed by atoms with van der Waals surface area (Å²) in [5, 5.41) is 5.62. The predicted molar refractivity (Wildman–Crippen MR) is 113 cm³/mol. The number of hydrogen-bond donors (Lipinski definition) is 4. The van der Waals surface area contributed by atoms with Gasteiger partial charge in [-0.1, -0.05) is 24.3 Å². The van der Waals surface area contributed by atoms with Crippen molar-refractivity contribution in [3.63, 3.8) is 0 Å². The van der Waals surface area contributed by atoms with E-state index in [1.165, 1.54) is 11.8 Å². The Bertz CT molecular complexity index is 874. The minimum atomic E-state index is -0.488. The van der Waals surface area contributed by atoms with Crippen molar-refractivity contribution in [2.24, 2.45) is 0 Å². The van der Waals surface area contributed by atoms with E-state index in [1.807, 2.05) is 48.5 Å². The maximum atomic E-state index is 12.2. The molecule has 2 aromatic rings. The molecule has 1 atom stereocenters. The molecular weight excluding hydrogens is 396 g/mol. The van der Waals surface area contributed by atoms with Crippen LogP contribution in [0.25, 0.3) is 0 Å². The number of carbonyl (C=O) groups excluding carboxylic acids is 2. The van der Waals surface area contributed by atoms with Crippen LogP contribution in [0.3, 0.4) is 0 Å². The van der Waals surface area contributed by atoms with Gasteiger partial charge in [0, 0.05) is 17.9 Å². The summed E-state index contributed by atoms with van der Waals surface area (Å²) in [5.41, 5.74) is 6.97. The smallest absolute Gasteiger partial charge is 0.240 e. The Morgan fingerprint density at radius 1 is 1.18 bits per heavy atom. The van der Waals surface area contributed by atoms with E-state index in [0.717, 1.165) is 21.9 Å². The monoisotopic (exact) mass is 416 g/mol. The van der Waals surface area contributed by atoms with Crippen LogP contribution < -0.4 is 26.2 Å². The first kappa shape index (κ1) is 20.0. The molecule has 146 valence electrons. The van der Waals surface area contributed by atoms with Crippen molar-refractivity contribution in [1.82, 2.24) is 16.2 Å². The summed E-state index contributed by atoms with van der Waals surface area (Å²) in [7, 11) is 1.61. The molecule has 3 rings (SSSR count). The Hall–Kier alpha value is -2.78. The van der Waals surface area contributed by atoms with Crippen molar-refractivity contribution in [2.75, 3.05) is 12.4 Å². The SMILES string of the molecule is COc1ccc(CNC(=S)NNC(=O)C[C@@H]2Sc3ccccc3NC2=O)cc1. The maximum absolute atomic E-state index is 12.2. The molecule has 0 saturated carbocycles. The van der Waals surface area contributed by atoms with Crippen LogP contribution in [0.15, 0.2) is 53.4 Å². The summed E-state index contributed by atoms with van der Waals surface area (Å²) in [4.78, 5) is 25.3. The minimum Gasteiger partial charge on any atom is -0.497 e. The average molecular weight is 417 g/mol. The van der Waals surface area contributed by atoms with Crippen molar-refractivity contribution < 1.29 is 14.3 Å². The van der Waals surface area contributed by atoms with Gasteiger partial charge < -0.3 is 15.4 Å². The van der Waals surface area contributed by atoms with Crippen molar-refractivity contribution in [3.05, 3.63) is 54.1 Å². The lowest BCUT2D eigenvalue weighted by molar-refractivity contribution is -0.124. The fourth-order valence-electron chi connectivity index (χ4n) is 2.54. The van der Waals surface area contributed by atoms with Crippen molar-refractivity contribution in [1.29, 1.82) is 0 Å². The number of hydrogen-bond acceptors (Lipinski definition) is 5. The van der Waals surface area contributed by atoms with Crippen LogP contribution in [-0.4, -0.2) is 29.3 Å². The molecule has 4 N–H and O–H groups in total. The second-order valence-corrected chi connectivity index (χ2v) is 7.65. The summed E-state index contributed by atoms with van der Waals surface area (Å²) < 4.78 is 5.11. The number of carbonyl (C=O) groups is 2. The molecular formula is C19H20N4O3S2. The van der Waals surface area contributed by atoms with E-state index in [-0.39, 0.29) is 23.3 Å². The Kier molecular flexibility index (Phi) is 6.72. The number of benzene rings is 2. The van der Waals surface area contributed by atoms with Gasteiger partial charge in [-0.2, -0.15) is 0 Å². The molecule has 0 unspecified atom stereocenters. The highest BCUT2D eigenvalue weighted by Gasteiger charge is 2.28. The minimum absolute atomic E-state index is 0.0406. The van der Waals surface area contributed by atoms with Gasteiger partial charge in [-0.25, -0.2) is 0 Å². The highest BCUT2D eigenvalue weighted by Crippen LogP contribution is 2.36. The summed E-state index contributed by atoms with van der Waals surface area (Å²) in [5.74, 6) is 0.281. The predicted octanol–water partition coefficient (Wildman–Crippen LogP) is 2.19. The molecule has 0 fully saturated rings. The van der Waals surface area contributed by atoms with Crippen LogP contribution in [0.2, 0.25) is 0 Å². The number of nitrogens with one attached hydrogen (secondary N) is 4. The van der Waals surface area contributed by atoms with Gasteiger partial charge in [0.05, 0.1) is 18.0 Å². The molecule has 0 aliphatic carbocycles. The van der Waals surface area contributed by atoms with Crippen molar-refractivity contribution in [2.45, 2.75) is 23.1 Å². The summed E-state index contributed by atoms with van der Waals surface area (Å²) >= 11 is 6.53. The summed E-state index contributed by atoms with van der Waals surface area (Å²) in [6.07, 6.45) is 0.0406. The lowest BCUT2D eigenvalue weighted by Crippen LogP contribution is -2.47. The third-order valence-corrected chi connectivity index (χ3v) is 5.53. The van der Waals surface area contributed by atoms with E-state index < -0.39 is 5.25 Å². The van der Waals surface area contributed by atoms with E-state index in [1.54, 1.807) is 7.11 Å². The second kappa shape index (κ2) is 9.43. The normalized spacial score (nSPS) is 15.0. The number of hydrazine groups is 1. The summed E-state index contributed by atoms with van der Waals surface area (Å²) in [6.45, 7) is 0.503. The zero-order chi connectivity index (χ0) is 19.9. The number of para-hydroxylation sites is 1. The van der Waals surface area contributed by atoms with Crippen LogP contribution in [0.5, 0.6) is 5.75 Å². The highest BCUT2D eigenvalue weighted by molar-refractivity contribution is 8.01. The summed E-state index contributed by atoms with van der Waals surface area (Å²) in [6, 6.07) is 15.1. The van der Waals surface area contributed by atoms with Gasteiger partial charge in [0.2, 0.25) is 11.8 Å². The molecule has 2 aromatic carbocycles. The first-order chi connectivity index (χ1) is 13.5. The molecule has 1 heterocycles. The maximum Gasteiger partial charge on any atom is 0.240 e. The third kappa shape index (κ3) is 5.37. The van der Waals surface area contributed by atoms with Crippen molar-refractivity contribution in [3.8, 4) is 5.75 Å².